The lowest BCUT2D eigenvalue weighted by molar-refractivity contribution is -0.136. The number of hydrogen-bond donors (Lipinski definition) is 2. The first-order chi connectivity index (χ1) is 9.33. The zero-order valence-corrected chi connectivity index (χ0v) is 11.7. The Labute approximate surface area is 115 Å². The first-order valence-electron chi connectivity index (χ1n) is 5.86. The summed E-state index contributed by atoms with van der Waals surface area (Å²) in [6, 6.07) is 4.59. The Morgan fingerprint density at radius 2 is 2.05 bits per heavy atom. The van der Waals surface area contributed by atoms with Crippen LogP contribution in [0.15, 0.2) is 24.4 Å². The molecule has 2 heterocycles. The summed E-state index contributed by atoms with van der Waals surface area (Å²) in [5.74, 6) is -1.02. The van der Waals surface area contributed by atoms with Gasteiger partial charge in [0.05, 0.1) is 6.04 Å². The SMILES string of the molecule is CC(NS(=O)(=O)C(C)C(=O)O)c1nnc2ccccn12. The van der Waals surface area contributed by atoms with E-state index in [0.29, 0.717) is 11.5 Å². The molecule has 8 nitrogen and oxygen atoms in total. The highest BCUT2D eigenvalue weighted by molar-refractivity contribution is 7.90. The number of carbonyl (C=O) groups is 1. The van der Waals surface area contributed by atoms with Gasteiger partial charge in [0.2, 0.25) is 10.0 Å². The number of nitrogens with zero attached hydrogens (tertiary/aromatic N) is 3. The van der Waals surface area contributed by atoms with Crippen molar-refractivity contribution in [1.82, 2.24) is 19.3 Å². The van der Waals surface area contributed by atoms with Crippen LogP contribution < -0.4 is 4.72 Å². The van der Waals surface area contributed by atoms with Gasteiger partial charge in [-0.05, 0) is 26.0 Å². The van der Waals surface area contributed by atoms with E-state index in [1.807, 2.05) is 0 Å². The number of hydrogen-bond acceptors (Lipinski definition) is 5. The molecule has 0 amide bonds. The molecule has 0 aliphatic heterocycles. The summed E-state index contributed by atoms with van der Waals surface area (Å²) in [7, 11) is -3.98. The Hall–Kier alpha value is -2.00. The lowest BCUT2D eigenvalue weighted by atomic mass is 10.3. The van der Waals surface area contributed by atoms with Crippen molar-refractivity contribution in [2.24, 2.45) is 0 Å². The van der Waals surface area contributed by atoms with Gasteiger partial charge < -0.3 is 5.11 Å². The Balaban J connectivity index is 2.29. The Kier molecular flexibility index (Phi) is 3.73. The zero-order valence-electron chi connectivity index (χ0n) is 10.9. The van der Waals surface area contributed by atoms with Crippen molar-refractivity contribution in [3.63, 3.8) is 0 Å². The Bertz CT molecular complexity index is 740. The predicted octanol–water partition coefficient (Wildman–Crippen LogP) is 0.183. The second-order valence-corrected chi connectivity index (χ2v) is 6.38. The fraction of sp³-hybridized carbons (Fsp3) is 0.364. The number of sulfonamides is 1. The maximum absolute atomic E-state index is 11.9. The molecule has 0 bridgehead atoms. The smallest absolute Gasteiger partial charge is 0.323 e. The molecule has 0 saturated carbocycles. The van der Waals surface area contributed by atoms with Gasteiger partial charge in [-0.2, -0.15) is 0 Å². The van der Waals surface area contributed by atoms with Gasteiger partial charge in [-0.1, -0.05) is 6.07 Å². The molecule has 2 aromatic heterocycles. The molecule has 0 aromatic carbocycles. The number of rotatable bonds is 5. The van der Waals surface area contributed by atoms with Crippen LogP contribution in [-0.4, -0.2) is 39.3 Å². The number of aliphatic carboxylic acids is 1. The molecule has 0 aliphatic carbocycles. The molecular formula is C11H14N4O4S. The van der Waals surface area contributed by atoms with Crippen LogP contribution >= 0.6 is 0 Å². The van der Waals surface area contributed by atoms with Gasteiger partial charge in [-0.3, -0.25) is 9.20 Å². The highest BCUT2D eigenvalue weighted by Crippen LogP contribution is 2.14. The van der Waals surface area contributed by atoms with Crippen molar-refractivity contribution >= 4 is 21.6 Å². The van der Waals surface area contributed by atoms with Gasteiger partial charge in [-0.25, -0.2) is 13.1 Å². The average molecular weight is 298 g/mol. The topological polar surface area (TPSA) is 114 Å². The monoisotopic (exact) mass is 298 g/mol. The molecule has 0 fully saturated rings. The molecular weight excluding hydrogens is 284 g/mol. The molecule has 0 radical (unpaired) electrons. The fourth-order valence-corrected chi connectivity index (χ4v) is 2.76. The van der Waals surface area contributed by atoms with Crippen molar-refractivity contribution in [3.8, 4) is 0 Å². The summed E-state index contributed by atoms with van der Waals surface area (Å²) in [5.41, 5.74) is 0.583. The summed E-state index contributed by atoms with van der Waals surface area (Å²) in [4.78, 5) is 10.8. The average Bonchev–Trinajstić information content (AvgIpc) is 2.81. The van der Waals surface area contributed by atoms with Gasteiger partial charge in [0, 0.05) is 6.20 Å². The molecule has 0 aliphatic rings. The summed E-state index contributed by atoms with van der Waals surface area (Å²) in [6.07, 6.45) is 1.70. The number of aromatic nitrogens is 3. The molecule has 2 aromatic rings. The van der Waals surface area contributed by atoms with Crippen LogP contribution in [-0.2, 0) is 14.8 Å². The van der Waals surface area contributed by atoms with E-state index in [0.717, 1.165) is 6.92 Å². The van der Waals surface area contributed by atoms with Crippen molar-refractivity contribution in [1.29, 1.82) is 0 Å². The number of pyridine rings is 1. The number of fused-ring (bicyclic) bond motifs is 1. The predicted molar refractivity (Wildman–Crippen MR) is 70.6 cm³/mol. The van der Waals surface area contributed by atoms with E-state index in [4.69, 9.17) is 5.11 Å². The highest BCUT2D eigenvalue weighted by atomic mass is 32.2. The van der Waals surface area contributed by atoms with Crippen LogP contribution in [0.2, 0.25) is 0 Å². The van der Waals surface area contributed by atoms with E-state index in [9.17, 15) is 13.2 Å². The standard InChI is InChI=1S/C11H14N4O4S/c1-7(14-20(18,19)8(2)11(16)17)10-13-12-9-5-3-4-6-15(9)10/h3-8,14H,1-2H3,(H,16,17). The first-order valence-corrected chi connectivity index (χ1v) is 7.41. The van der Waals surface area contributed by atoms with Crippen molar-refractivity contribution in [2.75, 3.05) is 0 Å². The van der Waals surface area contributed by atoms with E-state index < -0.39 is 27.3 Å². The van der Waals surface area contributed by atoms with Crippen molar-refractivity contribution in [2.45, 2.75) is 25.1 Å². The largest absolute Gasteiger partial charge is 0.480 e. The van der Waals surface area contributed by atoms with Gasteiger partial charge >= 0.3 is 5.97 Å². The molecule has 9 heteroatoms. The van der Waals surface area contributed by atoms with Crippen molar-refractivity contribution < 1.29 is 18.3 Å². The Morgan fingerprint density at radius 1 is 1.35 bits per heavy atom. The van der Waals surface area contributed by atoms with E-state index >= 15 is 0 Å². The summed E-state index contributed by atoms with van der Waals surface area (Å²) in [6.45, 7) is 2.69. The molecule has 108 valence electrons. The zero-order chi connectivity index (χ0) is 14.9. The number of carboxylic acids is 1. The third kappa shape index (κ3) is 2.63. The van der Waals surface area contributed by atoms with Crippen LogP contribution in [0.4, 0.5) is 0 Å². The molecule has 0 saturated heterocycles. The summed E-state index contributed by atoms with van der Waals surface area (Å²) >= 11 is 0. The molecule has 2 N–H and O–H groups in total. The van der Waals surface area contributed by atoms with Gasteiger partial charge in [-0.15, -0.1) is 10.2 Å². The van der Waals surface area contributed by atoms with E-state index in [1.165, 1.54) is 0 Å². The van der Waals surface area contributed by atoms with E-state index in [2.05, 4.69) is 14.9 Å². The van der Waals surface area contributed by atoms with Crippen LogP contribution in [0.25, 0.3) is 5.65 Å². The van der Waals surface area contributed by atoms with Crippen LogP contribution in [0.3, 0.4) is 0 Å². The van der Waals surface area contributed by atoms with E-state index in [1.54, 1.807) is 35.7 Å². The quantitative estimate of drug-likeness (QED) is 0.814. The lowest BCUT2D eigenvalue weighted by Gasteiger charge is -2.15. The summed E-state index contributed by atoms with van der Waals surface area (Å²) < 4.78 is 27.7. The normalized spacial score (nSPS) is 15.1. The minimum atomic E-state index is -3.98. The first kappa shape index (κ1) is 14.4. The molecule has 2 atom stereocenters. The van der Waals surface area contributed by atoms with Crippen LogP contribution in [0, 0.1) is 0 Å². The molecule has 20 heavy (non-hydrogen) atoms. The van der Waals surface area contributed by atoms with Crippen LogP contribution in [0.1, 0.15) is 25.7 Å². The maximum atomic E-state index is 11.9. The maximum Gasteiger partial charge on any atom is 0.323 e. The van der Waals surface area contributed by atoms with Gasteiger partial charge in [0.1, 0.15) is 0 Å². The third-order valence-electron chi connectivity index (χ3n) is 2.88. The molecule has 2 unspecified atom stereocenters. The number of nitrogens with one attached hydrogen (secondary N) is 1. The van der Waals surface area contributed by atoms with Crippen molar-refractivity contribution in [3.05, 3.63) is 30.2 Å². The Morgan fingerprint density at radius 3 is 2.70 bits per heavy atom. The third-order valence-corrected chi connectivity index (χ3v) is 4.70. The fourth-order valence-electron chi connectivity index (χ4n) is 1.69. The minimum absolute atomic E-state index is 0.391. The lowest BCUT2D eigenvalue weighted by Crippen LogP contribution is -2.39. The number of carboxylic acid groups (broad SMARTS) is 1. The summed E-state index contributed by atoms with van der Waals surface area (Å²) in [5, 5.41) is 15.1. The van der Waals surface area contributed by atoms with Gasteiger partial charge in [0.15, 0.2) is 16.7 Å². The van der Waals surface area contributed by atoms with Gasteiger partial charge in [0.25, 0.3) is 0 Å². The molecule has 2 rings (SSSR count). The molecule has 0 spiro atoms. The minimum Gasteiger partial charge on any atom is -0.480 e. The van der Waals surface area contributed by atoms with Crippen LogP contribution in [0.5, 0.6) is 0 Å². The highest BCUT2D eigenvalue weighted by Gasteiger charge is 2.30. The second-order valence-electron chi connectivity index (χ2n) is 4.35. The second kappa shape index (κ2) is 5.17. The van der Waals surface area contributed by atoms with E-state index in [-0.39, 0.29) is 0 Å².